The Morgan fingerprint density at radius 2 is 1.74 bits per heavy atom. The summed E-state index contributed by atoms with van der Waals surface area (Å²) in [6, 6.07) is 5.75. The smallest absolute Gasteiger partial charge is 0.326 e. The molecule has 0 aromatic heterocycles. The number of phenolic OH excluding ortho intramolecular Hbond substituents is 2. The molecular weight excluding hydrogens is 510 g/mol. The second kappa shape index (κ2) is 12.3. The highest BCUT2D eigenvalue weighted by Crippen LogP contribution is 2.38. The fourth-order valence-corrected chi connectivity index (χ4v) is 4.07. The summed E-state index contributed by atoms with van der Waals surface area (Å²) in [5.41, 5.74) is 6.45. The van der Waals surface area contributed by atoms with Gasteiger partial charge in [-0.05, 0) is 35.4 Å². The molecule has 2 aromatic rings. The van der Waals surface area contributed by atoms with E-state index in [2.05, 4.69) is 16.0 Å². The molecule has 39 heavy (non-hydrogen) atoms. The van der Waals surface area contributed by atoms with Crippen LogP contribution >= 0.6 is 0 Å². The Morgan fingerprint density at radius 1 is 1.10 bits per heavy atom. The summed E-state index contributed by atoms with van der Waals surface area (Å²) < 4.78 is 0. The van der Waals surface area contributed by atoms with Gasteiger partial charge in [-0.3, -0.25) is 19.2 Å². The predicted octanol–water partition coefficient (Wildman–Crippen LogP) is -0.783. The Labute approximate surface area is 224 Å². The van der Waals surface area contributed by atoms with Gasteiger partial charge in [0.25, 0.3) is 0 Å². The number of nitrogens with two attached hydrogens (primary N) is 1. The van der Waals surface area contributed by atoms with E-state index in [1.807, 2.05) is 0 Å². The van der Waals surface area contributed by atoms with Gasteiger partial charge in [-0.15, -0.1) is 0 Å². The van der Waals surface area contributed by atoms with Crippen molar-refractivity contribution in [2.45, 2.75) is 25.4 Å². The van der Waals surface area contributed by atoms with Crippen molar-refractivity contribution >= 4 is 29.6 Å². The number of hydrogen-bond donors (Lipinski definition) is 7. The van der Waals surface area contributed by atoms with E-state index >= 15 is 0 Å². The number of amides is 4. The molecule has 4 bridgehead atoms. The number of carbonyl (C=O) groups excluding carboxylic acids is 4. The number of likely N-dealkylation sites (N-methyl/N-ethyl adjacent to an activating group) is 1. The summed E-state index contributed by atoms with van der Waals surface area (Å²) in [5.74, 6) is -4.93. The van der Waals surface area contributed by atoms with Gasteiger partial charge in [-0.25, -0.2) is 4.79 Å². The van der Waals surface area contributed by atoms with Crippen LogP contribution in [0.15, 0.2) is 36.4 Å². The average molecular weight is 542 g/mol. The Bertz CT molecular complexity index is 1300. The molecule has 2 aromatic carbocycles. The first-order chi connectivity index (χ1) is 18.4. The fourth-order valence-electron chi connectivity index (χ4n) is 4.07. The van der Waals surface area contributed by atoms with E-state index in [-0.39, 0.29) is 41.2 Å². The van der Waals surface area contributed by atoms with E-state index in [4.69, 9.17) is 5.73 Å². The van der Waals surface area contributed by atoms with E-state index in [0.29, 0.717) is 5.56 Å². The minimum Gasteiger partial charge on any atom is -0.507 e. The minimum atomic E-state index is -1.34. The van der Waals surface area contributed by atoms with Crippen LogP contribution in [0.1, 0.15) is 24.1 Å². The zero-order valence-corrected chi connectivity index (χ0v) is 21.4. The lowest BCUT2D eigenvalue weighted by Crippen LogP contribution is -2.49. The predicted molar refractivity (Wildman–Crippen MR) is 138 cm³/mol. The van der Waals surface area contributed by atoms with Crippen molar-refractivity contribution in [3.05, 3.63) is 47.5 Å². The molecule has 3 atom stereocenters. The summed E-state index contributed by atoms with van der Waals surface area (Å²) in [7, 11) is 1.33. The summed E-state index contributed by atoms with van der Waals surface area (Å²) >= 11 is 0. The second-order valence-corrected chi connectivity index (χ2v) is 9.27. The first-order valence-corrected chi connectivity index (χ1v) is 12.1. The Hall–Kier alpha value is -4.65. The van der Waals surface area contributed by atoms with Crippen molar-refractivity contribution in [1.82, 2.24) is 20.9 Å². The molecule has 13 nitrogen and oxygen atoms in total. The molecule has 0 saturated heterocycles. The Balaban J connectivity index is 2.07. The van der Waals surface area contributed by atoms with Crippen LogP contribution in [0.25, 0.3) is 11.1 Å². The lowest BCUT2D eigenvalue weighted by molar-refractivity contribution is -0.142. The van der Waals surface area contributed by atoms with Crippen molar-refractivity contribution in [2.24, 2.45) is 11.7 Å². The van der Waals surface area contributed by atoms with Crippen molar-refractivity contribution < 1.29 is 39.3 Å². The minimum absolute atomic E-state index is 0.0794. The van der Waals surface area contributed by atoms with Crippen LogP contribution in [0.3, 0.4) is 0 Å². The molecule has 0 aliphatic carbocycles. The van der Waals surface area contributed by atoms with Gasteiger partial charge in [0, 0.05) is 37.1 Å². The number of nitrogens with one attached hydrogen (secondary N) is 3. The Kier molecular flexibility index (Phi) is 9.09. The SMILES string of the molecule is CC(CN)C(=O)NCC(=O)N(C)C1C(=O)NCC(=O)N[C@H](C(=O)O)Cc2ccc(O)c(c2)-c2cc1ccc2O. The highest BCUT2D eigenvalue weighted by molar-refractivity contribution is 5.94. The molecule has 0 saturated carbocycles. The first-order valence-electron chi connectivity index (χ1n) is 12.1. The van der Waals surface area contributed by atoms with Crippen LogP contribution < -0.4 is 21.7 Å². The maximum Gasteiger partial charge on any atom is 0.326 e. The number of fused-ring (bicyclic) bond motifs is 5. The number of phenols is 2. The zero-order valence-electron chi connectivity index (χ0n) is 21.4. The number of carboxylic acid groups (broad SMARTS) is 1. The average Bonchev–Trinajstić information content (AvgIpc) is 2.90. The van der Waals surface area contributed by atoms with Gasteiger partial charge in [0.2, 0.25) is 23.6 Å². The molecule has 3 rings (SSSR count). The molecule has 4 amide bonds. The van der Waals surface area contributed by atoms with Crippen LogP contribution in [0.2, 0.25) is 0 Å². The van der Waals surface area contributed by atoms with Crippen LogP contribution in [0.5, 0.6) is 11.5 Å². The third kappa shape index (κ3) is 6.82. The van der Waals surface area contributed by atoms with E-state index in [1.165, 1.54) is 43.4 Å². The van der Waals surface area contributed by atoms with Crippen molar-refractivity contribution in [3.63, 3.8) is 0 Å². The van der Waals surface area contributed by atoms with E-state index < -0.39 is 60.7 Å². The fraction of sp³-hybridized carbons (Fsp3) is 0.346. The molecule has 0 fully saturated rings. The van der Waals surface area contributed by atoms with Gasteiger partial charge in [0.15, 0.2) is 0 Å². The molecule has 13 heteroatoms. The number of benzene rings is 2. The summed E-state index contributed by atoms with van der Waals surface area (Å²) in [5, 5.41) is 38.0. The second-order valence-electron chi connectivity index (χ2n) is 9.27. The summed E-state index contributed by atoms with van der Waals surface area (Å²) in [4.78, 5) is 63.7. The number of carbonyl (C=O) groups is 5. The monoisotopic (exact) mass is 541 g/mol. The molecule has 1 aliphatic rings. The maximum atomic E-state index is 13.3. The van der Waals surface area contributed by atoms with E-state index in [9.17, 15) is 39.3 Å². The molecule has 0 spiro atoms. The standard InChI is InChI=1S/C26H31N5O8/c1-13(10-27)24(36)29-12-22(35)31(2)23-15-4-6-20(33)17(9-15)16-7-14(3-5-19(16)32)8-18(26(38)39)30-21(34)11-28-25(23)37/h3-7,9,13,18,23,32-33H,8,10-12,27H2,1-2H3,(H,28,37)(H,29,36)(H,30,34)(H,38,39)/t13?,18-,23?/m0/s1. The number of nitrogens with zero attached hydrogens (tertiary/aromatic N) is 1. The first kappa shape index (κ1) is 28.9. The van der Waals surface area contributed by atoms with Crippen LogP contribution in [-0.2, 0) is 30.4 Å². The van der Waals surface area contributed by atoms with Gasteiger partial charge < -0.3 is 41.9 Å². The van der Waals surface area contributed by atoms with Crippen molar-refractivity contribution in [3.8, 4) is 22.6 Å². The maximum absolute atomic E-state index is 13.3. The largest absolute Gasteiger partial charge is 0.507 e. The summed E-state index contributed by atoms with van der Waals surface area (Å²) in [6.45, 7) is 0.669. The molecule has 1 aliphatic heterocycles. The lowest BCUT2D eigenvalue weighted by Gasteiger charge is -2.29. The van der Waals surface area contributed by atoms with Gasteiger partial charge in [0.05, 0.1) is 13.1 Å². The third-order valence-electron chi connectivity index (χ3n) is 6.43. The number of aromatic hydroxyl groups is 2. The number of carboxylic acids is 1. The van der Waals surface area contributed by atoms with Crippen molar-refractivity contribution in [2.75, 3.05) is 26.7 Å². The highest BCUT2D eigenvalue weighted by Gasteiger charge is 2.31. The number of rotatable bonds is 6. The van der Waals surface area contributed by atoms with Gasteiger partial charge in [-0.1, -0.05) is 19.1 Å². The van der Waals surface area contributed by atoms with E-state index in [0.717, 1.165) is 4.90 Å². The molecule has 208 valence electrons. The molecule has 1 heterocycles. The molecular formula is C26H31N5O8. The highest BCUT2D eigenvalue weighted by atomic mass is 16.4. The Morgan fingerprint density at radius 3 is 2.38 bits per heavy atom. The van der Waals surface area contributed by atoms with Crippen LogP contribution in [-0.4, -0.2) is 82.5 Å². The van der Waals surface area contributed by atoms with Crippen LogP contribution in [0.4, 0.5) is 0 Å². The topological polar surface area (TPSA) is 211 Å². The summed E-state index contributed by atoms with van der Waals surface area (Å²) in [6.07, 6.45) is -0.128. The normalized spacial score (nSPS) is 18.1. The third-order valence-corrected chi connectivity index (χ3v) is 6.43. The van der Waals surface area contributed by atoms with Gasteiger partial charge >= 0.3 is 5.97 Å². The van der Waals surface area contributed by atoms with Crippen LogP contribution in [0, 0.1) is 5.92 Å². The molecule has 0 radical (unpaired) electrons. The van der Waals surface area contributed by atoms with Crippen molar-refractivity contribution in [1.29, 1.82) is 0 Å². The zero-order chi connectivity index (χ0) is 28.9. The quantitative estimate of drug-likeness (QED) is 0.244. The number of aliphatic carboxylic acids is 1. The van der Waals surface area contributed by atoms with Gasteiger partial charge in [-0.2, -0.15) is 0 Å². The van der Waals surface area contributed by atoms with Gasteiger partial charge in [0.1, 0.15) is 23.6 Å². The lowest BCUT2D eigenvalue weighted by atomic mass is 9.94. The number of hydrogen-bond acceptors (Lipinski definition) is 8. The molecule has 2 unspecified atom stereocenters. The molecule has 8 N–H and O–H groups in total. The van der Waals surface area contributed by atoms with E-state index in [1.54, 1.807) is 6.92 Å².